The van der Waals surface area contributed by atoms with Crippen LogP contribution in [-0.4, -0.2) is 29.7 Å². The van der Waals surface area contributed by atoms with Crippen LogP contribution < -0.4 is 0 Å². The first kappa shape index (κ1) is 14.8. The molecule has 0 spiro atoms. The van der Waals surface area contributed by atoms with E-state index in [1.165, 1.54) is 0 Å². The molecule has 0 atom stereocenters. The van der Waals surface area contributed by atoms with Crippen molar-refractivity contribution in [1.82, 2.24) is 4.90 Å². The van der Waals surface area contributed by atoms with E-state index in [4.69, 9.17) is 0 Å². The van der Waals surface area contributed by atoms with Gasteiger partial charge in [-0.05, 0) is 23.8 Å². The highest BCUT2D eigenvalue weighted by atomic mass is 16.2. The molecule has 0 unspecified atom stereocenters. The largest absolute Gasteiger partial charge is 0.335 e. The van der Waals surface area contributed by atoms with E-state index in [0.29, 0.717) is 19.4 Å². The summed E-state index contributed by atoms with van der Waals surface area (Å²) in [5, 5.41) is 0. The van der Waals surface area contributed by atoms with Crippen LogP contribution >= 0.6 is 0 Å². The molecule has 0 saturated carbocycles. The van der Waals surface area contributed by atoms with Crippen molar-refractivity contribution in [3.05, 3.63) is 35.9 Å². The molecule has 3 heteroatoms. The van der Waals surface area contributed by atoms with Gasteiger partial charge in [0.2, 0.25) is 5.91 Å². The first-order chi connectivity index (χ1) is 9.46. The second-order valence-corrected chi connectivity index (χ2v) is 6.43. The molecule has 1 aromatic rings. The van der Waals surface area contributed by atoms with Crippen molar-refractivity contribution in [2.24, 2.45) is 5.41 Å². The number of hydrogen-bond donors (Lipinski definition) is 0. The van der Waals surface area contributed by atoms with Crippen molar-refractivity contribution in [2.45, 2.75) is 39.5 Å². The van der Waals surface area contributed by atoms with Gasteiger partial charge in [-0.1, -0.05) is 44.2 Å². The minimum Gasteiger partial charge on any atom is -0.335 e. The van der Waals surface area contributed by atoms with Crippen molar-refractivity contribution in [3.8, 4) is 0 Å². The minimum atomic E-state index is 0.115. The molecule has 0 bridgehead atoms. The molecular formula is C17H23NO2. The summed E-state index contributed by atoms with van der Waals surface area (Å²) in [6, 6.07) is 9.70. The molecule has 1 fully saturated rings. The summed E-state index contributed by atoms with van der Waals surface area (Å²) in [6.07, 6.45) is 2.85. The lowest BCUT2D eigenvalue weighted by atomic mass is 9.85. The quantitative estimate of drug-likeness (QED) is 0.846. The molecule has 1 heterocycles. The number of likely N-dealkylation sites (tertiary alicyclic amines) is 1. The van der Waals surface area contributed by atoms with Crippen LogP contribution in [-0.2, 0) is 16.0 Å². The molecule has 1 saturated heterocycles. The molecule has 1 amide bonds. The predicted molar refractivity (Wildman–Crippen MR) is 79.4 cm³/mol. The van der Waals surface area contributed by atoms with Crippen LogP contribution in [0, 0.1) is 5.41 Å². The lowest BCUT2D eigenvalue weighted by molar-refractivity contribution is -0.134. The van der Waals surface area contributed by atoms with E-state index in [0.717, 1.165) is 18.4 Å². The molecular weight excluding hydrogens is 250 g/mol. The van der Waals surface area contributed by atoms with E-state index in [1.54, 1.807) is 4.90 Å². The summed E-state index contributed by atoms with van der Waals surface area (Å²) in [6.45, 7) is 5.33. The molecule has 0 aliphatic carbocycles. The van der Waals surface area contributed by atoms with Crippen LogP contribution in [0.2, 0.25) is 0 Å². The summed E-state index contributed by atoms with van der Waals surface area (Å²) in [5.41, 5.74) is 1.22. The van der Waals surface area contributed by atoms with Gasteiger partial charge < -0.3 is 4.90 Å². The average molecular weight is 273 g/mol. The molecule has 20 heavy (non-hydrogen) atoms. The van der Waals surface area contributed by atoms with E-state index in [-0.39, 0.29) is 23.7 Å². The first-order valence-corrected chi connectivity index (χ1v) is 7.30. The van der Waals surface area contributed by atoms with Crippen LogP contribution in [0.5, 0.6) is 0 Å². The number of ketones is 1. The SMILES string of the molecule is CC1(C)CCC(=O)N(CC(=O)Cc2ccccc2)CC1. The second-order valence-electron chi connectivity index (χ2n) is 6.43. The van der Waals surface area contributed by atoms with Crippen molar-refractivity contribution in [1.29, 1.82) is 0 Å². The Labute approximate surface area is 121 Å². The summed E-state index contributed by atoms with van der Waals surface area (Å²) < 4.78 is 0. The van der Waals surface area contributed by atoms with Gasteiger partial charge in [-0.3, -0.25) is 9.59 Å². The summed E-state index contributed by atoms with van der Waals surface area (Å²) >= 11 is 0. The van der Waals surface area contributed by atoms with E-state index in [2.05, 4.69) is 13.8 Å². The fraction of sp³-hybridized carbons (Fsp3) is 0.529. The van der Waals surface area contributed by atoms with Crippen LogP contribution in [0.3, 0.4) is 0 Å². The van der Waals surface area contributed by atoms with E-state index in [1.807, 2.05) is 30.3 Å². The van der Waals surface area contributed by atoms with Crippen molar-refractivity contribution < 1.29 is 9.59 Å². The third kappa shape index (κ3) is 4.19. The molecule has 1 aliphatic rings. The van der Waals surface area contributed by atoms with Gasteiger partial charge in [0.25, 0.3) is 0 Å². The van der Waals surface area contributed by atoms with E-state index < -0.39 is 0 Å². The zero-order chi connectivity index (χ0) is 14.6. The van der Waals surface area contributed by atoms with Crippen LogP contribution in [0.25, 0.3) is 0 Å². The van der Waals surface area contributed by atoms with Crippen LogP contribution in [0.1, 0.15) is 38.7 Å². The van der Waals surface area contributed by atoms with Gasteiger partial charge in [0, 0.05) is 19.4 Å². The highest BCUT2D eigenvalue weighted by Crippen LogP contribution is 2.30. The van der Waals surface area contributed by atoms with Gasteiger partial charge >= 0.3 is 0 Å². The maximum atomic E-state index is 12.1. The Morgan fingerprint density at radius 1 is 1.20 bits per heavy atom. The normalized spacial score (nSPS) is 18.7. The first-order valence-electron chi connectivity index (χ1n) is 7.30. The van der Waals surface area contributed by atoms with Gasteiger partial charge in [0.05, 0.1) is 6.54 Å². The van der Waals surface area contributed by atoms with Crippen molar-refractivity contribution in [3.63, 3.8) is 0 Å². The van der Waals surface area contributed by atoms with Crippen molar-refractivity contribution >= 4 is 11.7 Å². The number of rotatable bonds is 4. The zero-order valence-corrected chi connectivity index (χ0v) is 12.4. The Morgan fingerprint density at radius 3 is 2.60 bits per heavy atom. The number of Topliss-reactive ketones (excluding diaryl/α,β-unsaturated/α-hetero) is 1. The molecule has 1 aliphatic heterocycles. The number of amides is 1. The Bertz CT molecular complexity index is 479. The lowest BCUT2D eigenvalue weighted by Gasteiger charge is -2.23. The topological polar surface area (TPSA) is 37.4 Å². The summed E-state index contributed by atoms with van der Waals surface area (Å²) in [4.78, 5) is 25.9. The molecule has 0 N–H and O–H groups in total. The highest BCUT2D eigenvalue weighted by Gasteiger charge is 2.28. The smallest absolute Gasteiger partial charge is 0.222 e. The molecule has 108 valence electrons. The Kier molecular flexibility index (Phi) is 4.58. The van der Waals surface area contributed by atoms with E-state index in [9.17, 15) is 9.59 Å². The maximum absolute atomic E-state index is 12.1. The number of carbonyl (C=O) groups excluding carboxylic acids is 2. The standard InChI is InChI=1S/C17H23NO2/c1-17(2)9-8-16(20)18(11-10-17)13-15(19)12-14-6-4-3-5-7-14/h3-7H,8-13H2,1-2H3. The monoisotopic (exact) mass is 273 g/mol. The van der Waals surface area contributed by atoms with E-state index >= 15 is 0 Å². The number of carbonyl (C=O) groups is 2. The van der Waals surface area contributed by atoms with Gasteiger partial charge in [-0.2, -0.15) is 0 Å². The van der Waals surface area contributed by atoms with Gasteiger partial charge in [0.15, 0.2) is 5.78 Å². The third-order valence-electron chi connectivity index (χ3n) is 4.04. The lowest BCUT2D eigenvalue weighted by Crippen LogP contribution is -2.36. The van der Waals surface area contributed by atoms with Crippen molar-refractivity contribution in [2.75, 3.05) is 13.1 Å². The Morgan fingerprint density at radius 2 is 1.90 bits per heavy atom. The maximum Gasteiger partial charge on any atom is 0.222 e. The molecule has 3 nitrogen and oxygen atoms in total. The fourth-order valence-corrected chi connectivity index (χ4v) is 2.55. The fourth-order valence-electron chi connectivity index (χ4n) is 2.55. The van der Waals surface area contributed by atoms with Gasteiger partial charge in [-0.15, -0.1) is 0 Å². The Balaban J connectivity index is 1.92. The van der Waals surface area contributed by atoms with Crippen LogP contribution in [0.4, 0.5) is 0 Å². The summed E-state index contributed by atoms with van der Waals surface area (Å²) in [7, 11) is 0. The number of benzene rings is 1. The highest BCUT2D eigenvalue weighted by molar-refractivity contribution is 5.87. The summed E-state index contributed by atoms with van der Waals surface area (Å²) in [5.74, 6) is 0.237. The predicted octanol–water partition coefficient (Wildman–Crippen LogP) is 2.84. The molecule has 1 aromatic carbocycles. The third-order valence-corrected chi connectivity index (χ3v) is 4.04. The van der Waals surface area contributed by atoms with Gasteiger partial charge in [0.1, 0.15) is 0 Å². The number of nitrogens with zero attached hydrogens (tertiary/aromatic N) is 1. The second kappa shape index (κ2) is 6.21. The molecule has 0 aromatic heterocycles. The van der Waals surface area contributed by atoms with Crippen LogP contribution in [0.15, 0.2) is 30.3 Å². The Hall–Kier alpha value is -1.64. The van der Waals surface area contributed by atoms with Gasteiger partial charge in [-0.25, -0.2) is 0 Å². The molecule has 0 radical (unpaired) electrons. The minimum absolute atomic E-state index is 0.115. The average Bonchev–Trinajstić information content (AvgIpc) is 2.53. The molecule has 2 rings (SSSR count). The zero-order valence-electron chi connectivity index (χ0n) is 12.4. The number of hydrogen-bond acceptors (Lipinski definition) is 2.